The van der Waals surface area contributed by atoms with Gasteiger partial charge in [-0.1, -0.05) is 27.7 Å². The molecule has 0 saturated heterocycles. The Hall–Kier alpha value is -1.30. The summed E-state index contributed by atoms with van der Waals surface area (Å²) in [7, 11) is 0. The highest BCUT2D eigenvalue weighted by Crippen LogP contribution is 2.36. The predicted molar refractivity (Wildman–Crippen MR) is 89.3 cm³/mol. The van der Waals surface area contributed by atoms with Crippen molar-refractivity contribution in [2.75, 3.05) is 6.54 Å². The number of H-pyrrole nitrogens is 1. The minimum absolute atomic E-state index is 0.218. The first-order valence-corrected chi connectivity index (χ1v) is 8.21. The van der Waals surface area contributed by atoms with E-state index in [9.17, 15) is 4.39 Å². The van der Waals surface area contributed by atoms with Gasteiger partial charge in [0.2, 0.25) is 0 Å². The van der Waals surface area contributed by atoms with Crippen molar-refractivity contribution < 1.29 is 4.39 Å². The average Bonchev–Trinajstić information content (AvgIpc) is 2.84. The fourth-order valence-corrected chi connectivity index (χ4v) is 3.69. The Kier molecular flexibility index (Phi) is 4.33. The number of fused-ring (bicyclic) bond motifs is 1. The molecule has 1 heterocycles. The van der Waals surface area contributed by atoms with Crippen LogP contribution in [0.2, 0.25) is 0 Å². The van der Waals surface area contributed by atoms with Gasteiger partial charge in [0.1, 0.15) is 5.82 Å². The van der Waals surface area contributed by atoms with Crippen LogP contribution in [0.15, 0.2) is 56.9 Å². The SMILES string of the molecule is NCCc1cc(F)ccc1Sc1c[nH]c2ccc(Br)cc12. The second kappa shape index (κ2) is 6.22. The molecular formula is C16H14BrFN2S. The van der Waals surface area contributed by atoms with Gasteiger partial charge in [-0.3, -0.25) is 0 Å². The van der Waals surface area contributed by atoms with Crippen molar-refractivity contribution in [3.05, 3.63) is 58.4 Å². The number of aromatic amines is 1. The van der Waals surface area contributed by atoms with Gasteiger partial charge in [0.25, 0.3) is 0 Å². The molecule has 3 rings (SSSR count). The van der Waals surface area contributed by atoms with E-state index in [0.29, 0.717) is 13.0 Å². The quantitative estimate of drug-likeness (QED) is 0.702. The molecule has 3 N–H and O–H groups in total. The molecule has 108 valence electrons. The number of halogens is 2. The summed E-state index contributed by atoms with van der Waals surface area (Å²) in [6.45, 7) is 0.510. The Labute approximate surface area is 135 Å². The molecule has 0 aliphatic carbocycles. The summed E-state index contributed by atoms with van der Waals surface area (Å²) in [6.07, 6.45) is 2.66. The maximum Gasteiger partial charge on any atom is 0.123 e. The third-order valence-electron chi connectivity index (χ3n) is 3.26. The van der Waals surface area contributed by atoms with Crippen molar-refractivity contribution in [2.45, 2.75) is 16.2 Å². The smallest absolute Gasteiger partial charge is 0.123 e. The van der Waals surface area contributed by atoms with E-state index in [2.05, 4.69) is 27.0 Å². The van der Waals surface area contributed by atoms with E-state index < -0.39 is 0 Å². The molecule has 1 aromatic heterocycles. The van der Waals surface area contributed by atoms with Gasteiger partial charge in [-0.15, -0.1) is 0 Å². The highest BCUT2D eigenvalue weighted by atomic mass is 79.9. The van der Waals surface area contributed by atoms with Crippen molar-refractivity contribution >= 4 is 38.6 Å². The highest BCUT2D eigenvalue weighted by Gasteiger charge is 2.10. The fraction of sp³-hybridized carbons (Fsp3) is 0.125. The molecule has 0 fully saturated rings. The summed E-state index contributed by atoms with van der Waals surface area (Å²) in [4.78, 5) is 5.42. The molecule has 0 amide bonds. The molecule has 0 aliphatic rings. The summed E-state index contributed by atoms with van der Waals surface area (Å²) < 4.78 is 14.4. The lowest BCUT2D eigenvalue weighted by Crippen LogP contribution is -2.04. The van der Waals surface area contributed by atoms with E-state index in [4.69, 9.17) is 5.73 Å². The first-order chi connectivity index (χ1) is 10.2. The second-order valence-corrected chi connectivity index (χ2v) is 6.74. The topological polar surface area (TPSA) is 41.8 Å². The van der Waals surface area contributed by atoms with Crippen molar-refractivity contribution in [3.8, 4) is 0 Å². The highest BCUT2D eigenvalue weighted by molar-refractivity contribution is 9.10. The largest absolute Gasteiger partial charge is 0.360 e. The van der Waals surface area contributed by atoms with Crippen LogP contribution in [0.4, 0.5) is 4.39 Å². The number of rotatable bonds is 4. The Bertz CT molecular complexity index is 785. The first-order valence-electron chi connectivity index (χ1n) is 6.60. The molecule has 0 unspecified atom stereocenters. The molecule has 0 radical (unpaired) electrons. The van der Waals surface area contributed by atoms with Gasteiger partial charge >= 0.3 is 0 Å². The molecule has 5 heteroatoms. The summed E-state index contributed by atoms with van der Waals surface area (Å²) in [5.74, 6) is -0.218. The zero-order chi connectivity index (χ0) is 14.8. The zero-order valence-electron chi connectivity index (χ0n) is 11.2. The minimum Gasteiger partial charge on any atom is -0.360 e. The van der Waals surface area contributed by atoms with Gasteiger partial charge in [-0.2, -0.15) is 0 Å². The van der Waals surface area contributed by atoms with Crippen LogP contribution < -0.4 is 5.73 Å². The average molecular weight is 365 g/mol. The Balaban J connectivity index is 2.00. The molecule has 0 saturated carbocycles. The van der Waals surface area contributed by atoms with Crippen molar-refractivity contribution in [1.29, 1.82) is 0 Å². The molecule has 21 heavy (non-hydrogen) atoms. The minimum atomic E-state index is -0.218. The zero-order valence-corrected chi connectivity index (χ0v) is 13.6. The molecular weight excluding hydrogens is 351 g/mol. The number of aromatic nitrogens is 1. The van der Waals surface area contributed by atoms with Gasteiger partial charge in [0.15, 0.2) is 0 Å². The van der Waals surface area contributed by atoms with E-state index >= 15 is 0 Å². The summed E-state index contributed by atoms with van der Waals surface area (Å²) in [6, 6.07) is 11.0. The summed E-state index contributed by atoms with van der Waals surface area (Å²) in [5, 5.41) is 1.15. The lowest BCUT2D eigenvalue weighted by Gasteiger charge is -2.08. The number of hydrogen-bond donors (Lipinski definition) is 2. The van der Waals surface area contributed by atoms with Crippen molar-refractivity contribution in [3.63, 3.8) is 0 Å². The van der Waals surface area contributed by atoms with Gasteiger partial charge in [-0.05, 0) is 54.9 Å². The third-order valence-corrected chi connectivity index (χ3v) is 4.93. The van der Waals surface area contributed by atoms with Crippen LogP contribution in [-0.4, -0.2) is 11.5 Å². The lowest BCUT2D eigenvalue weighted by molar-refractivity contribution is 0.623. The van der Waals surface area contributed by atoms with Crippen LogP contribution in [0, 0.1) is 5.82 Å². The molecule has 2 aromatic carbocycles. The lowest BCUT2D eigenvalue weighted by atomic mass is 10.1. The van der Waals surface area contributed by atoms with Crippen molar-refractivity contribution in [1.82, 2.24) is 4.98 Å². The molecule has 2 nitrogen and oxygen atoms in total. The van der Waals surface area contributed by atoms with E-state index in [1.54, 1.807) is 17.8 Å². The van der Waals surface area contributed by atoms with Crippen LogP contribution in [-0.2, 0) is 6.42 Å². The first kappa shape index (κ1) is 14.6. The molecule has 0 spiro atoms. The van der Waals surface area contributed by atoms with Gasteiger partial charge in [-0.25, -0.2) is 4.39 Å². The van der Waals surface area contributed by atoms with Gasteiger partial charge < -0.3 is 10.7 Å². The summed E-state index contributed by atoms with van der Waals surface area (Å²) in [5.41, 5.74) is 7.66. The monoisotopic (exact) mass is 364 g/mol. The number of benzene rings is 2. The number of nitrogens with two attached hydrogens (primary N) is 1. The van der Waals surface area contributed by atoms with Crippen LogP contribution in [0.5, 0.6) is 0 Å². The standard InChI is InChI=1S/C16H14BrFN2S/c17-11-1-3-14-13(8-11)16(9-20-14)21-15-4-2-12(18)7-10(15)5-6-19/h1-4,7-9,20H,5-6,19H2. The second-order valence-electron chi connectivity index (χ2n) is 4.74. The van der Waals surface area contributed by atoms with Crippen LogP contribution in [0.3, 0.4) is 0 Å². The van der Waals surface area contributed by atoms with Gasteiger partial charge in [0, 0.05) is 31.4 Å². The Morgan fingerprint density at radius 1 is 1.14 bits per heavy atom. The molecule has 0 aliphatic heterocycles. The number of nitrogens with one attached hydrogen (secondary N) is 1. The Morgan fingerprint density at radius 2 is 2.00 bits per heavy atom. The predicted octanol–water partition coefficient (Wildman–Crippen LogP) is 4.72. The van der Waals surface area contributed by atoms with E-state index in [1.165, 1.54) is 6.07 Å². The summed E-state index contributed by atoms with van der Waals surface area (Å²) >= 11 is 5.13. The van der Waals surface area contributed by atoms with E-state index in [-0.39, 0.29) is 5.82 Å². The third kappa shape index (κ3) is 3.15. The fourth-order valence-electron chi connectivity index (χ4n) is 2.27. The van der Waals surface area contributed by atoms with Gasteiger partial charge in [0.05, 0.1) is 0 Å². The normalized spacial score (nSPS) is 11.2. The van der Waals surface area contributed by atoms with E-state index in [1.807, 2.05) is 24.4 Å². The van der Waals surface area contributed by atoms with Crippen LogP contribution in [0.25, 0.3) is 10.9 Å². The molecule has 0 bridgehead atoms. The maximum atomic E-state index is 13.4. The maximum absolute atomic E-state index is 13.4. The molecule has 3 aromatic rings. The van der Waals surface area contributed by atoms with E-state index in [0.717, 1.165) is 30.7 Å². The molecule has 0 atom stereocenters. The van der Waals surface area contributed by atoms with Crippen LogP contribution >= 0.6 is 27.7 Å². The van der Waals surface area contributed by atoms with Crippen LogP contribution in [0.1, 0.15) is 5.56 Å². The Morgan fingerprint density at radius 3 is 2.81 bits per heavy atom. The number of hydrogen-bond acceptors (Lipinski definition) is 2. The van der Waals surface area contributed by atoms with Crippen molar-refractivity contribution in [2.24, 2.45) is 5.73 Å².